The molecular formula is C26H26Ag2N8O6. The fourth-order valence-corrected chi connectivity index (χ4v) is 2.15. The van der Waals surface area contributed by atoms with Gasteiger partial charge in [0, 0.05) is 49.6 Å². The molecule has 0 atom stereocenters. The van der Waals surface area contributed by atoms with Crippen molar-refractivity contribution >= 4 is 11.9 Å². The minimum atomic E-state index is -1.18. The van der Waals surface area contributed by atoms with Crippen LogP contribution in [0.4, 0.5) is 0 Å². The van der Waals surface area contributed by atoms with Gasteiger partial charge < -0.3 is 40.4 Å². The molecule has 0 spiro atoms. The van der Waals surface area contributed by atoms with Crippen LogP contribution in [0.25, 0.3) is 0 Å². The summed E-state index contributed by atoms with van der Waals surface area (Å²) < 4.78 is 0. The molecule has 0 amide bonds. The molecule has 0 saturated heterocycles. The molecule has 4 heterocycles. The standard InChI is InChI=1S/2C7H6O3.4C3H4N2.2Ag/c2*8-6-4-2-1-3-5(6)7(9)10;4*1-2-5-3-4-1;;/h2*1-4,8H,(H,9,10);4*1-3H,(H,4,5);;/q;;;;;;2*+1/p-2. The van der Waals surface area contributed by atoms with Gasteiger partial charge in [-0.3, -0.25) is 0 Å². The Morgan fingerprint density at radius 3 is 0.905 bits per heavy atom. The number of rotatable bonds is 2. The number of hydrogen-bond acceptors (Lipinski definition) is 8. The molecule has 16 heteroatoms. The molecule has 0 unspecified atom stereocenters. The van der Waals surface area contributed by atoms with Gasteiger partial charge in [-0.15, -0.1) is 0 Å². The number of hydrogen-bond donors (Lipinski definition) is 6. The minimum absolute atomic E-state index is 0. The SMILES string of the molecule is O=C(O)c1ccccc1[O-].O=C(O)c1ccccc1[O-].[Ag+].[Ag+].c1c[nH]cn1.c1c[nH]cn1.c1c[nH]cn1.c1c[nH]cn1. The first-order chi connectivity index (χ1) is 19.4. The summed E-state index contributed by atoms with van der Waals surface area (Å²) in [6, 6.07) is 11.1. The molecule has 4 aromatic heterocycles. The van der Waals surface area contributed by atoms with Crippen molar-refractivity contribution in [2.45, 2.75) is 0 Å². The molecule has 0 aliphatic heterocycles. The average Bonchev–Trinajstić information content (AvgIpc) is 3.79. The van der Waals surface area contributed by atoms with Crippen molar-refractivity contribution in [1.82, 2.24) is 39.9 Å². The van der Waals surface area contributed by atoms with Crippen molar-refractivity contribution in [2.24, 2.45) is 0 Å². The number of benzene rings is 2. The van der Waals surface area contributed by atoms with Crippen molar-refractivity contribution in [2.75, 3.05) is 0 Å². The molecule has 0 aliphatic rings. The van der Waals surface area contributed by atoms with E-state index >= 15 is 0 Å². The third-order valence-corrected chi connectivity index (χ3v) is 3.86. The van der Waals surface area contributed by atoms with Crippen LogP contribution in [0.15, 0.2) is 123 Å². The van der Waals surface area contributed by atoms with Crippen molar-refractivity contribution in [3.05, 3.63) is 135 Å². The first-order valence-corrected chi connectivity index (χ1v) is 11.1. The number of H-pyrrole nitrogens is 4. The number of imidazole rings is 4. The van der Waals surface area contributed by atoms with Crippen LogP contribution in [0.5, 0.6) is 11.5 Å². The van der Waals surface area contributed by atoms with Gasteiger partial charge in [0.25, 0.3) is 0 Å². The van der Waals surface area contributed by atoms with E-state index in [1.54, 1.807) is 74.9 Å². The zero-order chi connectivity index (χ0) is 29.3. The van der Waals surface area contributed by atoms with Crippen LogP contribution >= 0.6 is 0 Å². The Bertz CT molecular complexity index is 1160. The smallest absolute Gasteiger partial charge is 0.872 e. The van der Waals surface area contributed by atoms with Gasteiger partial charge in [0.05, 0.1) is 36.4 Å². The van der Waals surface area contributed by atoms with Gasteiger partial charge in [-0.05, 0) is 12.1 Å². The number of aromatic carboxylic acids is 2. The number of carboxylic acids is 2. The Morgan fingerprint density at radius 2 is 0.786 bits per heavy atom. The number of para-hydroxylation sites is 2. The van der Waals surface area contributed by atoms with Gasteiger partial charge in [-0.1, -0.05) is 47.9 Å². The normalized spacial score (nSPS) is 8.19. The van der Waals surface area contributed by atoms with Gasteiger partial charge >= 0.3 is 56.7 Å². The van der Waals surface area contributed by atoms with Gasteiger partial charge in [-0.25, -0.2) is 29.5 Å². The number of carboxylic acid groups (broad SMARTS) is 2. The Balaban J connectivity index is 0. The largest absolute Gasteiger partial charge is 1.00 e. The Labute approximate surface area is 271 Å². The van der Waals surface area contributed by atoms with E-state index in [0.29, 0.717) is 0 Å². The third kappa shape index (κ3) is 20.2. The molecule has 0 fully saturated rings. The van der Waals surface area contributed by atoms with Crippen LogP contribution in [0.1, 0.15) is 20.7 Å². The van der Waals surface area contributed by atoms with E-state index in [1.807, 2.05) is 0 Å². The Morgan fingerprint density at radius 1 is 0.524 bits per heavy atom. The van der Waals surface area contributed by atoms with Crippen LogP contribution in [-0.2, 0) is 44.8 Å². The maximum absolute atomic E-state index is 10.7. The predicted molar refractivity (Wildman–Crippen MR) is 140 cm³/mol. The molecular weight excluding hydrogens is 736 g/mol. The van der Waals surface area contributed by atoms with E-state index in [4.69, 9.17) is 10.2 Å². The van der Waals surface area contributed by atoms with Crippen molar-refractivity contribution < 1.29 is 74.8 Å². The van der Waals surface area contributed by atoms with Gasteiger partial charge in [-0.2, -0.15) is 0 Å². The molecule has 0 aliphatic carbocycles. The molecule has 0 radical (unpaired) electrons. The van der Waals surface area contributed by atoms with E-state index < -0.39 is 23.4 Å². The molecule has 14 nitrogen and oxygen atoms in total. The summed E-state index contributed by atoms with van der Waals surface area (Å²) in [5.41, 5.74) is -0.356. The number of carbonyl (C=O) groups is 2. The monoisotopic (exact) mass is 760 g/mol. The summed E-state index contributed by atoms with van der Waals surface area (Å²) in [4.78, 5) is 46.1. The maximum Gasteiger partial charge on any atom is 1.00 e. The Kier molecular flexibility index (Phi) is 24.9. The molecule has 2 aromatic carbocycles. The number of aromatic nitrogens is 8. The van der Waals surface area contributed by atoms with Crippen LogP contribution in [-0.4, -0.2) is 62.0 Å². The number of nitrogens with one attached hydrogen (secondary N) is 4. The maximum atomic E-state index is 10.7. The van der Waals surface area contributed by atoms with E-state index in [1.165, 1.54) is 48.5 Å². The first-order valence-electron chi connectivity index (χ1n) is 11.1. The predicted octanol–water partition coefficient (Wildman–Crippen LogP) is 2.55. The second-order valence-electron chi connectivity index (χ2n) is 6.64. The molecule has 42 heavy (non-hydrogen) atoms. The van der Waals surface area contributed by atoms with Crippen LogP contribution in [0, 0.1) is 0 Å². The molecule has 6 aromatic rings. The van der Waals surface area contributed by atoms with Gasteiger partial charge in [0.2, 0.25) is 0 Å². The van der Waals surface area contributed by atoms with Crippen molar-refractivity contribution in [3.8, 4) is 11.5 Å². The third-order valence-electron chi connectivity index (χ3n) is 3.86. The van der Waals surface area contributed by atoms with Crippen LogP contribution in [0.2, 0.25) is 0 Å². The summed E-state index contributed by atoms with van der Waals surface area (Å²) >= 11 is 0. The quantitative estimate of drug-likeness (QED) is 0.141. The first kappa shape index (κ1) is 39.4. The van der Waals surface area contributed by atoms with E-state index in [-0.39, 0.29) is 55.9 Å². The fraction of sp³-hybridized carbons (Fsp3) is 0. The summed E-state index contributed by atoms with van der Waals surface area (Å²) in [5, 5.41) is 38.1. The van der Waals surface area contributed by atoms with E-state index in [9.17, 15) is 19.8 Å². The second-order valence-corrected chi connectivity index (χ2v) is 6.64. The van der Waals surface area contributed by atoms with Crippen molar-refractivity contribution in [1.29, 1.82) is 0 Å². The summed E-state index contributed by atoms with van der Waals surface area (Å²) in [6.45, 7) is 0. The molecule has 6 rings (SSSR count). The second kappa shape index (κ2) is 26.5. The molecule has 228 valence electrons. The zero-order valence-electron chi connectivity index (χ0n) is 21.5. The molecule has 6 N–H and O–H groups in total. The van der Waals surface area contributed by atoms with Crippen molar-refractivity contribution in [3.63, 3.8) is 0 Å². The van der Waals surface area contributed by atoms with Crippen LogP contribution in [0.3, 0.4) is 0 Å². The number of aromatic amines is 4. The zero-order valence-corrected chi connectivity index (χ0v) is 24.4. The van der Waals surface area contributed by atoms with Gasteiger partial charge in [0.15, 0.2) is 0 Å². The summed E-state index contributed by atoms with van der Waals surface area (Å²) in [5.74, 6) is -3.25. The molecule has 0 bridgehead atoms. The van der Waals surface area contributed by atoms with Gasteiger partial charge in [0.1, 0.15) is 0 Å². The van der Waals surface area contributed by atoms with E-state index in [2.05, 4.69) is 39.9 Å². The number of nitrogens with zero attached hydrogens (tertiary/aromatic N) is 4. The summed E-state index contributed by atoms with van der Waals surface area (Å²) in [7, 11) is 0. The minimum Gasteiger partial charge on any atom is -0.872 e. The fourth-order valence-electron chi connectivity index (χ4n) is 2.15. The Hall–Kier alpha value is -4.70. The summed E-state index contributed by atoms with van der Waals surface area (Å²) in [6.07, 6.45) is 20.3. The van der Waals surface area contributed by atoms with Crippen LogP contribution < -0.4 is 10.2 Å². The topological polar surface area (TPSA) is 235 Å². The average molecular weight is 762 g/mol. The molecule has 0 saturated carbocycles. The van der Waals surface area contributed by atoms with E-state index in [0.717, 1.165) is 0 Å².